The number of rotatable bonds is 5. The highest BCUT2D eigenvalue weighted by Crippen LogP contribution is 2.20. The SMILES string of the molecule is COCCNC(=S)Nc1cc(OC)ccc1F. The summed E-state index contributed by atoms with van der Waals surface area (Å²) in [7, 11) is 3.12. The summed E-state index contributed by atoms with van der Waals surface area (Å²) in [6.45, 7) is 1.09. The zero-order valence-electron chi connectivity index (χ0n) is 9.75. The average Bonchev–Trinajstić information content (AvgIpc) is 2.32. The molecule has 6 heteroatoms. The lowest BCUT2D eigenvalue weighted by Crippen LogP contribution is -2.31. The molecule has 0 aliphatic rings. The molecule has 0 spiro atoms. The highest BCUT2D eigenvalue weighted by molar-refractivity contribution is 7.80. The van der Waals surface area contributed by atoms with Gasteiger partial charge in [-0.2, -0.15) is 0 Å². The van der Waals surface area contributed by atoms with Gasteiger partial charge in [-0.3, -0.25) is 0 Å². The molecule has 0 bridgehead atoms. The maximum absolute atomic E-state index is 13.4. The van der Waals surface area contributed by atoms with Crippen LogP contribution in [0.15, 0.2) is 18.2 Å². The minimum atomic E-state index is -0.387. The first kappa shape index (κ1) is 13.7. The minimum absolute atomic E-state index is 0.277. The van der Waals surface area contributed by atoms with Crippen molar-refractivity contribution in [3.05, 3.63) is 24.0 Å². The molecule has 17 heavy (non-hydrogen) atoms. The van der Waals surface area contributed by atoms with Crippen molar-refractivity contribution >= 4 is 23.0 Å². The van der Waals surface area contributed by atoms with Crippen LogP contribution in [0, 0.1) is 5.82 Å². The summed E-state index contributed by atoms with van der Waals surface area (Å²) in [5, 5.41) is 5.98. The molecule has 0 saturated carbocycles. The van der Waals surface area contributed by atoms with E-state index < -0.39 is 0 Å². The normalized spacial score (nSPS) is 9.82. The topological polar surface area (TPSA) is 42.5 Å². The van der Waals surface area contributed by atoms with Crippen LogP contribution in [0.25, 0.3) is 0 Å². The van der Waals surface area contributed by atoms with Crippen LogP contribution in [0.3, 0.4) is 0 Å². The second-order valence-corrected chi connectivity index (χ2v) is 3.63. The van der Waals surface area contributed by atoms with Crippen LogP contribution in [0.1, 0.15) is 0 Å². The monoisotopic (exact) mass is 258 g/mol. The van der Waals surface area contributed by atoms with Crippen molar-refractivity contribution in [3.63, 3.8) is 0 Å². The standard InChI is InChI=1S/C11H15FN2O2S/c1-15-6-5-13-11(17)14-10-7-8(16-2)3-4-9(10)12/h3-4,7H,5-6H2,1-2H3,(H2,13,14,17). The summed E-state index contributed by atoms with van der Waals surface area (Å²) < 4.78 is 23.3. The smallest absolute Gasteiger partial charge is 0.170 e. The molecule has 0 amide bonds. The van der Waals surface area contributed by atoms with Gasteiger partial charge in [0, 0.05) is 19.7 Å². The summed E-state index contributed by atoms with van der Waals surface area (Å²) >= 11 is 5.00. The van der Waals surface area contributed by atoms with Gasteiger partial charge in [-0.25, -0.2) is 4.39 Å². The van der Waals surface area contributed by atoms with E-state index in [1.165, 1.54) is 13.2 Å². The second-order valence-electron chi connectivity index (χ2n) is 3.22. The predicted octanol–water partition coefficient (Wildman–Crippen LogP) is 1.77. The molecule has 0 aromatic heterocycles. The largest absolute Gasteiger partial charge is 0.497 e. The third kappa shape index (κ3) is 4.54. The Bertz CT molecular complexity index is 388. The Hall–Kier alpha value is -1.40. The molecular formula is C11H15FN2O2S. The van der Waals surface area contributed by atoms with Gasteiger partial charge in [0.25, 0.3) is 0 Å². The van der Waals surface area contributed by atoms with Crippen LogP contribution in [-0.2, 0) is 4.74 Å². The Balaban J connectivity index is 2.57. The molecule has 4 nitrogen and oxygen atoms in total. The van der Waals surface area contributed by atoms with Crippen LogP contribution < -0.4 is 15.4 Å². The van der Waals surface area contributed by atoms with E-state index >= 15 is 0 Å². The van der Waals surface area contributed by atoms with E-state index in [1.54, 1.807) is 19.2 Å². The molecule has 2 N–H and O–H groups in total. The van der Waals surface area contributed by atoms with Crippen LogP contribution in [0.2, 0.25) is 0 Å². The molecule has 0 atom stereocenters. The fourth-order valence-corrected chi connectivity index (χ4v) is 1.37. The van der Waals surface area contributed by atoms with E-state index in [2.05, 4.69) is 10.6 Å². The number of hydrogen-bond acceptors (Lipinski definition) is 3. The number of benzene rings is 1. The van der Waals surface area contributed by atoms with E-state index in [4.69, 9.17) is 21.7 Å². The Morgan fingerprint density at radius 3 is 2.82 bits per heavy atom. The summed E-state index contributed by atoms with van der Waals surface area (Å²) in [5.41, 5.74) is 0.277. The van der Waals surface area contributed by atoms with Crippen molar-refractivity contribution in [3.8, 4) is 5.75 Å². The minimum Gasteiger partial charge on any atom is -0.497 e. The molecule has 0 heterocycles. The third-order valence-electron chi connectivity index (χ3n) is 2.01. The molecule has 0 aliphatic heterocycles. The zero-order chi connectivity index (χ0) is 12.7. The van der Waals surface area contributed by atoms with Crippen molar-refractivity contribution in [2.24, 2.45) is 0 Å². The van der Waals surface area contributed by atoms with Crippen LogP contribution in [0.5, 0.6) is 5.75 Å². The highest BCUT2D eigenvalue weighted by atomic mass is 32.1. The second kappa shape index (κ2) is 7.03. The fraction of sp³-hybridized carbons (Fsp3) is 0.364. The molecule has 0 fully saturated rings. The first-order valence-electron chi connectivity index (χ1n) is 5.04. The Morgan fingerprint density at radius 1 is 1.41 bits per heavy atom. The molecule has 1 rings (SSSR count). The van der Waals surface area contributed by atoms with Gasteiger partial charge in [0.15, 0.2) is 5.11 Å². The Kier molecular flexibility index (Phi) is 5.65. The van der Waals surface area contributed by atoms with E-state index in [0.29, 0.717) is 24.0 Å². The molecule has 0 saturated heterocycles. The summed E-state index contributed by atoms with van der Waals surface area (Å²) in [6, 6.07) is 4.40. The quantitative estimate of drug-likeness (QED) is 0.622. The lowest BCUT2D eigenvalue weighted by molar-refractivity contribution is 0.204. The van der Waals surface area contributed by atoms with Gasteiger partial charge in [0.1, 0.15) is 11.6 Å². The molecule has 0 unspecified atom stereocenters. The molecule has 0 aliphatic carbocycles. The van der Waals surface area contributed by atoms with Gasteiger partial charge in [-0.1, -0.05) is 0 Å². The van der Waals surface area contributed by atoms with Gasteiger partial charge < -0.3 is 20.1 Å². The molecule has 94 valence electrons. The first-order valence-corrected chi connectivity index (χ1v) is 5.45. The molecule has 0 radical (unpaired) electrons. The van der Waals surface area contributed by atoms with Gasteiger partial charge in [0.05, 0.1) is 19.4 Å². The van der Waals surface area contributed by atoms with Crippen molar-refractivity contribution in [1.29, 1.82) is 0 Å². The van der Waals surface area contributed by atoms with Gasteiger partial charge in [-0.05, 0) is 24.4 Å². The van der Waals surface area contributed by atoms with Gasteiger partial charge >= 0.3 is 0 Å². The average molecular weight is 258 g/mol. The highest BCUT2D eigenvalue weighted by Gasteiger charge is 2.05. The summed E-state index contributed by atoms with van der Waals surface area (Å²) in [4.78, 5) is 0. The molecule has 1 aromatic rings. The Morgan fingerprint density at radius 2 is 2.18 bits per heavy atom. The van der Waals surface area contributed by atoms with E-state index in [0.717, 1.165) is 0 Å². The number of hydrogen-bond donors (Lipinski definition) is 2. The number of nitrogens with one attached hydrogen (secondary N) is 2. The number of anilines is 1. The van der Waals surface area contributed by atoms with Crippen LogP contribution in [-0.4, -0.2) is 32.5 Å². The third-order valence-corrected chi connectivity index (χ3v) is 2.26. The van der Waals surface area contributed by atoms with Gasteiger partial charge in [0.2, 0.25) is 0 Å². The van der Waals surface area contributed by atoms with Crippen molar-refractivity contribution < 1.29 is 13.9 Å². The van der Waals surface area contributed by atoms with Crippen molar-refractivity contribution in [1.82, 2.24) is 5.32 Å². The zero-order valence-corrected chi connectivity index (χ0v) is 10.6. The van der Waals surface area contributed by atoms with Crippen molar-refractivity contribution in [2.45, 2.75) is 0 Å². The number of ether oxygens (including phenoxy) is 2. The van der Waals surface area contributed by atoms with E-state index in [-0.39, 0.29) is 11.5 Å². The molecule has 1 aromatic carbocycles. The van der Waals surface area contributed by atoms with Gasteiger partial charge in [-0.15, -0.1) is 0 Å². The van der Waals surface area contributed by atoms with Crippen LogP contribution >= 0.6 is 12.2 Å². The molecular weight excluding hydrogens is 243 g/mol. The number of methoxy groups -OCH3 is 2. The number of thiocarbonyl (C=S) groups is 1. The van der Waals surface area contributed by atoms with Crippen LogP contribution in [0.4, 0.5) is 10.1 Å². The summed E-state index contributed by atoms with van der Waals surface area (Å²) in [5.74, 6) is 0.176. The Labute approximate surface area is 105 Å². The summed E-state index contributed by atoms with van der Waals surface area (Å²) in [6.07, 6.45) is 0. The van der Waals surface area contributed by atoms with Crippen molar-refractivity contribution in [2.75, 3.05) is 32.7 Å². The predicted molar refractivity (Wildman–Crippen MR) is 69.1 cm³/mol. The van der Waals surface area contributed by atoms with E-state index in [9.17, 15) is 4.39 Å². The fourth-order valence-electron chi connectivity index (χ4n) is 1.16. The first-order chi connectivity index (χ1) is 8.17. The lowest BCUT2D eigenvalue weighted by atomic mass is 10.3. The lowest BCUT2D eigenvalue weighted by Gasteiger charge is -2.11. The van der Waals surface area contributed by atoms with E-state index in [1.807, 2.05) is 0 Å². The maximum atomic E-state index is 13.4. The maximum Gasteiger partial charge on any atom is 0.170 e. The number of halogens is 1.